The second-order valence-electron chi connectivity index (χ2n) is 15.2. The van der Waals surface area contributed by atoms with Crippen LogP contribution in [0.4, 0.5) is 0 Å². The lowest BCUT2D eigenvalue weighted by molar-refractivity contribution is -0.144. The molecule has 1 radical (unpaired) electrons. The van der Waals surface area contributed by atoms with Crippen LogP contribution in [-0.4, -0.2) is 76.4 Å². The van der Waals surface area contributed by atoms with Crippen molar-refractivity contribution in [3.05, 3.63) is 102 Å². The number of carbonyl (C=O) groups excluding carboxylic acids is 2. The minimum atomic E-state index is -3.99. The zero-order chi connectivity index (χ0) is 35.9. The van der Waals surface area contributed by atoms with Crippen molar-refractivity contribution in [2.24, 2.45) is 11.3 Å². The van der Waals surface area contributed by atoms with E-state index in [0.29, 0.717) is 24.4 Å². The first-order valence-electron chi connectivity index (χ1n) is 17.8. The number of hydrogen-bond acceptors (Lipinski definition) is 5. The Kier molecular flexibility index (Phi) is 10.2. The molecule has 4 aromatic carbocycles. The van der Waals surface area contributed by atoms with Crippen molar-refractivity contribution in [1.82, 2.24) is 14.5 Å². The van der Waals surface area contributed by atoms with Crippen molar-refractivity contribution in [1.29, 1.82) is 0 Å². The fourth-order valence-corrected chi connectivity index (χ4v) is 12.2. The highest BCUT2D eigenvalue weighted by atomic mass is 35.5. The molecule has 0 spiro atoms. The number of amides is 2. The Morgan fingerprint density at radius 2 is 1.57 bits per heavy atom. The van der Waals surface area contributed by atoms with Crippen LogP contribution in [0.15, 0.2) is 102 Å². The quantitative estimate of drug-likeness (QED) is 0.221. The normalized spacial score (nSPS) is 23.0. The van der Waals surface area contributed by atoms with Gasteiger partial charge >= 0.3 is 0 Å². The number of sulfonamides is 1. The maximum absolute atomic E-state index is 14.1. The topological polar surface area (TPSA) is 96.0 Å². The van der Waals surface area contributed by atoms with E-state index in [-0.39, 0.29) is 52.8 Å². The molecule has 2 bridgehead atoms. The van der Waals surface area contributed by atoms with E-state index in [0.717, 1.165) is 30.0 Å². The number of piperidine rings is 1. The van der Waals surface area contributed by atoms with Crippen molar-refractivity contribution in [3.63, 3.8) is 0 Å². The number of hydrogen-bond donors (Lipinski definition) is 1. The summed E-state index contributed by atoms with van der Waals surface area (Å²) in [5.74, 6) is -0.267. The van der Waals surface area contributed by atoms with Gasteiger partial charge in [0.2, 0.25) is 21.8 Å². The number of fused-ring (bicyclic) bond motifs is 3. The SMILES string of the molecule is CC(C)(C)C(O[Si](c1ccccc1)c1ccccc1)[C@H]1C[C@@H]2CC[C@H]1N2C(=O)CN1CCC[C@H](NS(=O)(=O)c2ccc3cc(Cl)ccc3c2)C1=O. The fourth-order valence-electron chi connectivity index (χ4n) is 8.33. The molecule has 3 saturated heterocycles. The van der Waals surface area contributed by atoms with Gasteiger partial charge in [-0.1, -0.05) is 105 Å². The highest BCUT2D eigenvalue weighted by Gasteiger charge is 2.54. The Morgan fingerprint density at radius 1 is 0.922 bits per heavy atom. The van der Waals surface area contributed by atoms with Gasteiger partial charge in [-0.2, -0.15) is 4.72 Å². The second kappa shape index (κ2) is 14.5. The number of halogens is 1. The number of carbonyl (C=O) groups is 2. The van der Waals surface area contributed by atoms with Crippen molar-refractivity contribution in [3.8, 4) is 0 Å². The van der Waals surface area contributed by atoms with Gasteiger partial charge in [0.15, 0.2) is 0 Å². The number of benzene rings is 4. The first kappa shape index (κ1) is 35.8. The van der Waals surface area contributed by atoms with Crippen LogP contribution >= 0.6 is 11.6 Å². The second-order valence-corrected chi connectivity index (χ2v) is 19.4. The smallest absolute Gasteiger partial charge is 0.283 e. The zero-order valence-corrected chi connectivity index (χ0v) is 31.9. The molecule has 3 heterocycles. The molecular formula is C40H45ClN3O5SSi. The molecule has 1 N–H and O–H groups in total. The Morgan fingerprint density at radius 3 is 2.24 bits per heavy atom. The summed E-state index contributed by atoms with van der Waals surface area (Å²) >= 11 is 6.10. The van der Waals surface area contributed by atoms with Gasteiger partial charge in [-0.25, -0.2) is 8.42 Å². The summed E-state index contributed by atoms with van der Waals surface area (Å²) < 4.78 is 36.8. The average molecular weight is 743 g/mol. The van der Waals surface area contributed by atoms with E-state index < -0.39 is 25.1 Å². The summed E-state index contributed by atoms with van der Waals surface area (Å²) in [6.07, 6.45) is 3.60. The highest BCUT2D eigenvalue weighted by Crippen LogP contribution is 2.47. The van der Waals surface area contributed by atoms with Crippen LogP contribution in [-0.2, 0) is 24.0 Å². The maximum Gasteiger partial charge on any atom is 0.283 e. The number of likely N-dealkylation sites (tertiary alicyclic amines) is 1. The largest absolute Gasteiger partial charge is 0.403 e. The van der Waals surface area contributed by atoms with Crippen molar-refractivity contribution in [2.75, 3.05) is 13.1 Å². The molecule has 2 amide bonds. The van der Waals surface area contributed by atoms with Gasteiger partial charge in [0.1, 0.15) is 6.04 Å². The van der Waals surface area contributed by atoms with Crippen LogP contribution in [0.25, 0.3) is 10.8 Å². The fraction of sp³-hybridized carbons (Fsp3) is 0.400. The van der Waals surface area contributed by atoms with E-state index >= 15 is 0 Å². The summed E-state index contributed by atoms with van der Waals surface area (Å²) in [5, 5.41) is 4.52. The minimum Gasteiger partial charge on any atom is -0.403 e. The summed E-state index contributed by atoms with van der Waals surface area (Å²) in [4.78, 5) is 31.5. The molecule has 51 heavy (non-hydrogen) atoms. The molecule has 3 fully saturated rings. The Bertz CT molecular complexity index is 1970. The summed E-state index contributed by atoms with van der Waals surface area (Å²) in [6, 6.07) is 30.2. The molecule has 7 rings (SSSR count). The number of nitrogens with zero attached hydrogens (tertiary/aromatic N) is 2. The minimum absolute atomic E-state index is 0.0264. The van der Waals surface area contributed by atoms with E-state index in [4.69, 9.17) is 16.0 Å². The van der Waals surface area contributed by atoms with Crippen LogP contribution in [0.3, 0.4) is 0 Å². The predicted molar refractivity (Wildman–Crippen MR) is 203 cm³/mol. The first-order valence-corrected chi connectivity index (χ1v) is 21.1. The molecule has 3 aliphatic heterocycles. The van der Waals surface area contributed by atoms with Crippen molar-refractivity contribution < 1.29 is 22.4 Å². The standard InChI is InChI=1S/C40H45ClN3O5SSi/c1-40(2,3)38(49-51(32-11-6-4-7-12-32)33-13-8-5-9-14-33)34-25-30-19-21-36(34)44(30)37(45)26-43-22-10-15-35(39(43)46)42-50(47,48)31-20-17-27-23-29(41)18-16-28(27)24-31/h4-9,11-14,16-18,20,23-24,30,34-36,38,42H,10,15,19,21-22,25-26H2,1-3H3/t30-,34-,35-,36+,38?/m0/s1. The van der Waals surface area contributed by atoms with Crippen LogP contribution < -0.4 is 15.1 Å². The van der Waals surface area contributed by atoms with Gasteiger partial charge in [-0.15, -0.1) is 0 Å². The van der Waals surface area contributed by atoms with E-state index in [9.17, 15) is 18.0 Å². The molecular weight excluding hydrogens is 698 g/mol. The van der Waals surface area contributed by atoms with E-state index in [2.05, 4.69) is 74.0 Å². The summed E-state index contributed by atoms with van der Waals surface area (Å²) in [7, 11) is -5.56. The van der Waals surface area contributed by atoms with E-state index in [1.807, 2.05) is 17.0 Å². The molecule has 0 saturated carbocycles. The van der Waals surface area contributed by atoms with Crippen molar-refractivity contribution >= 4 is 63.6 Å². The lowest BCUT2D eigenvalue weighted by Gasteiger charge is -2.41. The van der Waals surface area contributed by atoms with Gasteiger partial charge in [-0.05, 0) is 82.9 Å². The van der Waals surface area contributed by atoms with E-state index in [1.165, 1.54) is 21.3 Å². The first-order chi connectivity index (χ1) is 24.4. The Balaban J connectivity index is 1.05. The molecule has 4 aromatic rings. The highest BCUT2D eigenvalue weighted by molar-refractivity contribution is 7.89. The predicted octanol–water partition coefficient (Wildman–Crippen LogP) is 5.38. The van der Waals surface area contributed by atoms with Gasteiger partial charge in [-0.3, -0.25) is 9.59 Å². The summed E-state index contributed by atoms with van der Waals surface area (Å²) in [6.45, 7) is 7.04. The van der Waals surface area contributed by atoms with Crippen LogP contribution in [0.1, 0.15) is 52.9 Å². The molecule has 0 aliphatic carbocycles. The lowest BCUT2D eigenvalue weighted by Crippen LogP contribution is -2.55. The third-order valence-electron chi connectivity index (χ3n) is 10.7. The number of nitrogens with one attached hydrogen (secondary N) is 1. The zero-order valence-electron chi connectivity index (χ0n) is 29.3. The molecule has 11 heteroatoms. The third kappa shape index (κ3) is 7.53. The Hall–Kier alpha value is -3.54. The molecule has 8 nitrogen and oxygen atoms in total. The van der Waals surface area contributed by atoms with Gasteiger partial charge < -0.3 is 14.2 Å². The number of rotatable bonds is 10. The Labute approximate surface area is 307 Å². The van der Waals surface area contributed by atoms with Gasteiger partial charge in [0.25, 0.3) is 9.04 Å². The van der Waals surface area contributed by atoms with Crippen LogP contribution in [0.5, 0.6) is 0 Å². The molecule has 5 atom stereocenters. The molecule has 0 aromatic heterocycles. The third-order valence-corrected chi connectivity index (χ3v) is 14.6. The van der Waals surface area contributed by atoms with Gasteiger partial charge in [0.05, 0.1) is 17.5 Å². The lowest BCUT2D eigenvalue weighted by atomic mass is 9.75. The van der Waals surface area contributed by atoms with Crippen molar-refractivity contribution in [2.45, 2.75) is 82.0 Å². The van der Waals surface area contributed by atoms with Crippen LogP contribution in [0, 0.1) is 11.3 Å². The molecule has 3 aliphatic rings. The maximum atomic E-state index is 14.1. The summed E-state index contributed by atoms with van der Waals surface area (Å²) in [5.41, 5.74) is -0.172. The molecule has 1 unspecified atom stereocenters. The molecule has 267 valence electrons. The average Bonchev–Trinajstić information content (AvgIpc) is 3.69. The van der Waals surface area contributed by atoms with Crippen LogP contribution in [0.2, 0.25) is 5.02 Å². The monoisotopic (exact) mass is 742 g/mol. The van der Waals surface area contributed by atoms with Gasteiger partial charge in [0, 0.05) is 29.6 Å². The van der Waals surface area contributed by atoms with E-state index in [1.54, 1.807) is 30.3 Å².